The van der Waals surface area contributed by atoms with Crippen LogP contribution in [0.2, 0.25) is 0 Å². The summed E-state index contributed by atoms with van der Waals surface area (Å²) in [4.78, 5) is 2.29. The Kier molecular flexibility index (Phi) is 4.83. The lowest BCUT2D eigenvalue weighted by Gasteiger charge is -2.23. The maximum atomic E-state index is 12.8. The first-order valence-corrected chi connectivity index (χ1v) is 7.15. The molecular weight excluding hydrogens is 237 g/mol. The number of nitrogens with zero attached hydrogens (tertiary/aromatic N) is 1. The van der Waals surface area contributed by atoms with Gasteiger partial charge in [0.25, 0.3) is 0 Å². The monoisotopic (exact) mass is 255 g/mol. The second kappa shape index (κ2) is 6.38. The molecule has 17 heavy (non-hydrogen) atoms. The van der Waals surface area contributed by atoms with Gasteiger partial charge >= 0.3 is 0 Å². The number of aliphatic hydroxyl groups is 1. The lowest BCUT2D eigenvalue weighted by Crippen LogP contribution is -2.30. The maximum Gasteiger partial charge on any atom is 0.123 e. The van der Waals surface area contributed by atoms with Gasteiger partial charge in [0.05, 0.1) is 6.10 Å². The fourth-order valence-electron chi connectivity index (χ4n) is 2.02. The van der Waals surface area contributed by atoms with Crippen molar-refractivity contribution in [2.24, 2.45) is 0 Å². The predicted molar refractivity (Wildman–Crippen MR) is 69.7 cm³/mol. The molecule has 0 spiro atoms. The minimum atomic E-state index is -0.515. The van der Waals surface area contributed by atoms with Gasteiger partial charge in [0.1, 0.15) is 5.82 Å². The molecule has 2 rings (SSSR count). The largest absolute Gasteiger partial charge is 0.387 e. The molecule has 1 aromatic carbocycles. The summed E-state index contributed by atoms with van der Waals surface area (Å²) in [6, 6.07) is 6.12. The Morgan fingerprint density at radius 2 is 2.00 bits per heavy atom. The number of benzene rings is 1. The van der Waals surface area contributed by atoms with Gasteiger partial charge < -0.3 is 5.11 Å². The number of hydrogen-bond acceptors (Lipinski definition) is 3. The van der Waals surface area contributed by atoms with E-state index in [9.17, 15) is 9.50 Å². The van der Waals surface area contributed by atoms with Crippen molar-refractivity contribution in [1.29, 1.82) is 0 Å². The normalized spacial score (nSPS) is 19.9. The topological polar surface area (TPSA) is 23.5 Å². The average molecular weight is 255 g/mol. The summed E-state index contributed by atoms with van der Waals surface area (Å²) >= 11 is 1.97. The second-order valence-corrected chi connectivity index (χ2v) is 5.56. The molecule has 0 aliphatic carbocycles. The first-order chi connectivity index (χ1) is 8.25. The highest BCUT2D eigenvalue weighted by Crippen LogP contribution is 2.17. The van der Waals surface area contributed by atoms with E-state index in [1.54, 1.807) is 12.1 Å². The van der Waals surface area contributed by atoms with Gasteiger partial charge in [-0.1, -0.05) is 12.1 Å². The molecule has 1 atom stereocenters. The Bertz CT molecular complexity index is 336. The lowest BCUT2D eigenvalue weighted by atomic mass is 10.1. The van der Waals surface area contributed by atoms with E-state index in [4.69, 9.17) is 0 Å². The van der Waals surface area contributed by atoms with Crippen molar-refractivity contribution in [3.8, 4) is 0 Å². The van der Waals surface area contributed by atoms with Crippen LogP contribution >= 0.6 is 11.8 Å². The number of hydrogen-bond donors (Lipinski definition) is 1. The Labute approximate surface area is 106 Å². The van der Waals surface area contributed by atoms with E-state index < -0.39 is 6.10 Å². The van der Waals surface area contributed by atoms with Gasteiger partial charge in [0.2, 0.25) is 0 Å². The molecule has 0 unspecified atom stereocenters. The molecule has 0 bridgehead atoms. The van der Waals surface area contributed by atoms with Crippen LogP contribution in [-0.4, -0.2) is 41.1 Å². The highest BCUT2D eigenvalue weighted by Gasteiger charge is 2.15. The number of rotatable bonds is 3. The number of halogens is 1. The zero-order valence-corrected chi connectivity index (χ0v) is 10.6. The third kappa shape index (κ3) is 3.98. The van der Waals surface area contributed by atoms with Crippen molar-refractivity contribution in [3.63, 3.8) is 0 Å². The molecule has 1 fully saturated rings. The van der Waals surface area contributed by atoms with Gasteiger partial charge in [-0.05, 0) is 36.4 Å². The average Bonchev–Trinajstić information content (AvgIpc) is 2.58. The second-order valence-electron chi connectivity index (χ2n) is 4.33. The molecule has 0 saturated carbocycles. The fourth-order valence-corrected chi connectivity index (χ4v) is 2.94. The van der Waals surface area contributed by atoms with Gasteiger partial charge in [0, 0.05) is 18.8 Å². The molecule has 1 N–H and O–H groups in total. The van der Waals surface area contributed by atoms with E-state index in [-0.39, 0.29) is 5.82 Å². The summed E-state index contributed by atoms with van der Waals surface area (Å²) in [7, 11) is 0. The van der Waals surface area contributed by atoms with Crippen LogP contribution in [0.15, 0.2) is 24.3 Å². The van der Waals surface area contributed by atoms with Crippen molar-refractivity contribution in [2.45, 2.75) is 12.5 Å². The van der Waals surface area contributed by atoms with Crippen molar-refractivity contribution < 1.29 is 9.50 Å². The van der Waals surface area contributed by atoms with Crippen LogP contribution in [0.4, 0.5) is 4.39 Å². The standard InChI is InChI=1S/C13H18FNOS/c14-12-4-2-11(3-5-12)13(16)10-15-6-1-8-17-9-7-15/h2-5,13,16H,1,6-10H2/t13-/m0/s1. The van der Waals surface area contributed by atoms with E-state index in [2.05, 4.69) is 4.90 Å². The molecule has 2 nitrogen and oxygen atoms in total. The molecular formula is C13H18FNOS. The van der Waals surface area contributed by atoms with Crippen LogP contribution in [0, 0.1) is 5.82 Å². The molecule has 1 aliphatic heterocycles. The third-order valence-corrected chi connectivity index (χ3v) is 4.05. The van der Waals surface area contributed by atoms with Crippen LogP contribution in [-0.2, 0) is 0 Å². The molecule has 1 saturated heterocycles. The van der Waals surface area contributed by atoms with E-state index in [0.717, 1.165) is 24.4 Å². The molecule has 94 valence electrons. The molecule has 0 amide bonds. The van der Waals surface area contributed by atoms with E-state index in [0.29, 0.717) is 6.54 Å². The van der Waals surface area contributed by atoms with Gasteiger partial charge in [-0.2, -0.15) is 11.8 Å². The molecule has 1 heterocycles. The van der Waals surface area contributed by atoms with Crippen LogP contribution in [0.1, 0.15) is 18.1 Å². The smallest absolute Gasteiger partial charge is 0.123 e. The highest BCUT2D eigenvalue weighted by atomic mass is 32.2. The SMILES string of the molecule is O[C@@H](CN1CCCSCC1)c1ccc(F)cc1. The van der Waals surface area contributed by atoms with Gasteiger partial charge in [0.15, 0.2) is 0 Å². The highest BCUT2D eigenvalue weighted by molar-refractivity contribution is 7.99. The van der Waals surface area contributed by atoms with E-state index >= 15 is 0 Å². The number of β-amino-alcohol motifs (C(OH)–C–C–N with tert-alkyl or cyclic N) is 1. The molecule has 4 heteroatoms. The summed E-state index contributed by atoms with van der Waals surface area (Å²) in [5.41, 5.74) is 0.795. The van der Waals surface area contributed by atoms with E-state index in [1.165, 1.54) is 24.3 Å². The zero-order chi connectivity index (χ0) is 12.1. The summed E-state index contributed by atoms with van der Waals surface area (Å²) in [6.07, 6.45) is 0.666. The summed E-state index contributed by atoms with van der Waals surface area (Å²) in [6.45, 7) is 2.72. The Morgan fingerprint density at radius 1 is 1.24 bits per heavy atom. The van der Waals surface area contributed by atoms with Crippen LogP contribution < -0.4 is 0 Å². The quantitative estimate of drug-likeness (QED) is 0.896. The van der Waals surface area contributed by atoms with Crippen molar-refractivity contribution >= 4 is 11.8 Å². The Balaban J connectivity index is 1.91. The van der Waals surface area contributed by atoms with Crippen LogP contribution in [0.3, 0.4) is 0 Å². The zero-order valence-electron chi connectivity index (χ0n) is 9.81. The maximum absolute atomic E-state index is 12.8. The predicted octanol–water partition coefficient (Wildman–Crippen LogP) is 2.30. The van der Waals surface area contributed by atoms with Crippen molar-refractivity contribution in [1.82, 2.24) is 4.90 Å². The Morgan fingerprint density at radius 3 is 2.76 bits per heavy atom. The summed E-state index contributed by atoms with van der Waals surface area (Å²) < 4.78 is 12.8. The van der Waals surface area contributed by atoms with Crippen molar-refractivity contribution in [3.05, 3.63) is 35.6 Å². The van der Waals surface area contributed by atoms with Gasteiger partial charge in [-0.15, -0.1) is 0 Å². The molecule has 0 aromatic heterocycles. The third-order valence-electron chi connectivity index (χ3n) is 3.00. The van der Waals surface area contributed by atoms with Crippen molar-refractivity contribution in [2.75, 3.05) is 31.1 Å². The number of thioether (sulfide) groups is 1. The molecule has 1 aromatic rings. The Hall–Kier alpha value is -0.580. The van der Waals surface area contributed by atoms with Crippen LogP contribution in [0.5, 0.6) is 0 Å². The fraction of sp³-hybridized carbons (Fsp3) is 0.538. The molecule has 1 aliphatic rings. The minimum absolute atomic E-state index is 0.257. The van der Waals surface area contributed by atoms with Gasteiger partial charge in [-0.3, -0.25) is 4.90 Å². The lowest BCUT2D eigenvalue weighted by molar-refractivity contribution is 0.117. The van der Waals surface area contributed by atoms with Crippen LogP contribution in [0.25, 0.3) is 0 Å². The molecule has 0 radical (unpaired) electrons. The summed E-state index contributed by atoms with van der Waals surface area (Å²) in [5.74, 6) is 2.09. The summed E-state index contributed by atoms with van der Waals surface area (Å²) in [5, 5.41) is 10.1. The first kappa shape index (κ1) is 12.9. The number of aliphatic hydroxyl groups excluding tert-OH is 1. The first-order valence-electron chi connectivity index (χ1n) is 5.99. The minimum Gasteiger partial charge on any atom is -0.387 e. The van der Waals surface area contributed by atoms with E-state index in [1.807, 2.05) is 11.8 Å². The van der Waals surface area contributed by atoms with Gasteiger partial charge in [-0.25, -0.2) is 4.39 Å².